The molecule has 0 aliphatic heterocycles. The first-order chi connectivity index (χ1) is 23.8. The van der Waals surface area contributed by atoms with E-state index in [1.54, 1.807) is 0 Å². The van der Waals surface area contributed by atoms with Crippen LogP contribution in [0, 0.1) is 0 Å². The van der Waals surface area contributed by atoms with Gasteiger partial charge in [-0.15, -0.1) is 0 Å². The van der Waals surface area contributed by atoms with Crippen LogP contribution >= 0.6 is 0 Å². The summed E-state index contributed by atoms with van der Waals surface area (Å²) >= 11 is 0. The average molecular weight is 613 g/mol. The van der Waals surface area contributed by atoms with E-state index in [0.717, 1.165) is 44.9 Å². The Hall–Kier alpha value is -6.52. The van der Waals surface area contributed by atoms with Crippen LogP contribution in [-0.4, -0.2) is 19.1 Å². The van der Waals surface area contributed by atoms with E-state index in [1.807, 2.05) is 24.3 Å². The van der Waals surface area contributed by atoms with Crippen LogP contribution in [0.5, 0.6) is 0 Å². The quantitative estimate of drug-likeness (QED) is 0.198. The van der Waals surface area contributed by atoms with Crippen molar-refractivity contribution in [3.8, 4) is 34.2 Å². The monoisotopic (exact) mass is 612 g/mol. The van der Waals surface area contributed by atoms with Gasteiger partial charge in [-0.05, 0) is 35.0 Å². The molecule has 0 radical (unpaired) electrons. The van der Waals surface area contributed by atoms with E-state index < -0.39 is 0 Å². The van der Waals surface area contributed by atoms with E-state index in [2.05, 4.69) is 155 Å². The Morgan fingerprint density at radius 3 is 1.81 bits per heavy atom. The van der Waals surface area contributed by atoms with Gasteiger partial charge in [0.2, 0.25) is 0 Å². The second kappa shape index (κ2) is 10.5. The molecular formula is C44H28N4. The predicted molar refractivity (Wildman–Crippen MR) is 199 cm³/mol. The van der Waals surface area contributed by atoms with Gasteiger partial charge in [-0.2, -0.15) is 0 Å². The number of benzene rings is 7. The van der Waals surface area contributed by atoms with Gasteiger partial charge in [-0.25, -0.2) is 9.97 Å². The zero-order valence-corrected chi connectivity index (χ0v) is 26.0. The molecule has 3 aromatic heterocycles. The van der Waals surface area contributed by atoms with Crippen LogP contribution in [0.25, 0.3) is 88.5 Å². The summed E-state index contributed by atoms with van der Waals surface area (Å²) in [5, 5.41) is 7.31. The van der Waals surface area contributed by atoms with Crippen LogP contribution in [0.1, 0.15) is 0 Å². The molecule has 224 valence electrons. The van der Waals surface area contributed by atoms with Crippen LogP contribution < -0.4 is 0 Å². The zero-order chi connectivity index (χ0) is 31.6. The number of hydrogen-bond acceptors (Lipinski definition) is 2. The first-order valence-electron chi connectivity index (χ1n) is 16.3. The van der Waals surface area contributed by atoms with Gasteiger partial charge in [0.1, 0.15) is 5.82 Å². The Kier molecular flexibility index (Phi) is 5.84. The Bertz CT molecular complexity index is 2760. The van der Waals surface area contributed by atoms with E-state index in [9.17, 15) is 0 Å². The molecule has 4 nitrogen and oxygen atoms in total. The molecule has 48 heavy (non-hydrogen) atoms. The van der Waals surface area contributed by atoms with Crippen molar-refractivity contribution in [2.45, 2.75) is 0 Å². The predicted octanol–water partition coefficient (Wildman–Crippen LogP) is 11.2. The molecule has 10 rings (SSSR count). The van der Waals surface area contributed by atoms with E-state index in [4.69, 9.17) is 9.97 Å². The minimum atomic E-state index is 0.694. The number of nitrogens with zero attached hydrogens (tertiary/aromatic N) is 4. The van der Waals surface area contributed by atoms with Crippen LogP contribution in [0.3, 0.4) is 0 Å². The van der Waals surface area contributed by atoms with Crippen molar-refractivity contribution in [2.75, 3.05) is 0 Å². The molecule has 0 fully saturated rings. The number of rotatable bonds is 4. The number of aromatic nitrogens is 4. The van der Waals surface area contributed by atoms with E-state index >= 15 is 0 Å². The second-order valence-electron chi connectivity index (χ2n) is 12.2. The Morgan fingerprint density at radius 1 is 0.396 bits per heavy atom. The fourth-order valence-corrected chi connectivity index (χ4v) is 7.42. The molecule has 7 aromatic carbocycles. The minimum Gasteiger partial charge on any atom is -0.307 e. The topological polar surface area (TPSA) is 35.6 Å². The van der Waals surface area contributed by atoms with Crippen molar-refractivity contribution < 1.29 is 0 Å². The summed E-state index contributed by atoms with van der Waals surface area (Å²) in [5.41, 5.74) is 8.59. The smallest absolute Gasteiger partial charge is 0.162 e. The SMILES string of the molecule is c1ccc(-c2cc(-n3c4ccccc4c4ccc5c6c7ccccc7ccc6n(-c6ccccc6)c5c43)nc(-c3ccccc3)n2)cc1. The van der Waals surface area contributed by atoms with Gasteiger partial charge in [-0.1, -0.05) is 140 Å². The standard InChI is InChI=1S/C44H28N4/c1-4-15-30(16-5-1)37-28-40(46-44(45-37)31-17-6-2-7-18-31)48-38-23-13-12-22-34(38)35-25-26-36-41-33-21-11-10-14-29(33)24-27-39(41)47(43(36)42(35)48)32-19-8-3-9-20-32/h1-28H. The minimum absolute atomic E-state index is 0.694. The molecule has 0 unspecified atom stereocenters. The summed E-state index contributed by atoms with van der Waals surface area (Å²) < 4.78 is 4.79. The third kappa shape index (κ3) is 3.96. The number of fused-ring (bicyclic) bond motifs is 9. The fourth-order valence-electron chi connectivity index (χ4n) is 7.42. The lowest BCUT2D eigenvalue weighted by Crippen LogP contribution is -2.03. The first-order valence-corrected chi connectivity index (χ1v) is 16.3. The van der Waals surface area contributed by atoms with E-state index in [1.165, 1.54) is 37.8 Å². The van der Waals surface area contributed by atoms with Crippen molar-refractivity contribution in [3.05, 3.63) is 170 Å². The maximum atomic E-state index is 5.33. The third-order valence-electron chi connectivity index (χ3n) is 9.51. The van der Waals surface area contributed by atoms with Gasteiger partial charge >= 0.3 is 0 Å². The second-order valence-corrected chi connectivity index (χ2v) is 12.2. The number of hydrogen-bond donors (Lipinski definition) is 0. The summed E-state index contributed by atoms with van der Waals surface area (Å²) in [5.74, 6) is 1.52. The number of para-hydroxylation sites is 2. The highest BCUT2D eigenvalue weighted by atomic mass is 15.1. The highest BCUT2D eigenvalue weighted by molar-refractivity contribution is 6.28. The van der Waals surface area contributed by atoms with E-state index in [-0.39, 0.29) is 0 Å². The normalized spacial score (nSPS) is 11.8. The van der Waals surface area contributed by atoms with Crippen molar-refractivity contribution in [1.29, 1.82) is 0 Å². The van der Waals surface area contributed by atoms with Crippen LogP contribution in [-0.2, 0) is 0 Å². The summed E-state index contributed by atoms with van der Waals surface area (Å²) in [6.07, 6.45) is 0. The molecule has 0 saturated carbocycles. The lowest BCUT2D eigenvalue weighted by molar-refractivity contribution is 1.05. The molecule has 4 heteroatoms. The average Bonchev–Trinajstić information content (AvgIpc) is 3.69. The summed E-state index contributed by atoms with van der Waals surface area (Å²) in [6, 6.07) is 60.0. The van der Waals surface area contributed by atoms with Crippen LogP contribution in [0.15, 0.2) is 170 Å². The van der Waals surface area contributed by atoms with Gasteiger partial charge in [-0.3, -0.25) is 4.57 Å². The summed E-state index contributed by atoms with van der Waals surface area (Å²) in [4.78, 5) is 10.4. The molecule has 0 spiro atoms. The van der Waals surface area contributed by atoms with Gasteiger partial charge in [0.15, 0.2) is 5.82 Å². The maximum Gasteiger partial charge on any atom is 0.162 e. The van der Waals surface area contributed by atoms with Gasteiger partial charge in [0.05, 0.1) is 27.8 Å². The molecule has 0 atom stereocenters. The highest BCUT2D eigenvalue weighted by Gasteiger charge is 2.23. The molecule has 0 bridgehead atoms. The van der Waals surface area contributed by atoms with Crippen molar-refractivity contribution in [2.24, 2.45) is 0 Å². The van der Waals surface area contributed by atoms with Crippen LogP contribution in [0.2, 0.25) is 0 Å². The molecule has 3 heterocycles. The van der Waals surface area contributed by atoms with Gasteiger partial charge in [0, 0.05) is 44.4 Å². The largest absolute Gasteiger partial charge is 0.307 e. The first kappa shape index (κ1) is 26.7. The molecule has 0 aliphatic rings. The lowest BCUT2D eigenvalue weighted by Gasteiger charge is -2.14. The maximum absolute atomic E-state index is 5.33. The molecule has 0 amide bonds. The molecule has 10 aromatic rings. The van der Waals surface area contributed by atoms with Crippen molar-refractivity contribution in [3.63, 3.8) is 0 Å². The summed E-state index contributed by atoms with van der Waals surface area (Å²) in [7, 11) is 0. The van der Waals surface area contributed by atoms with Crippen molar-refractivity contribution >= 4 is 54.4 Å². The summed E-state index contributed by atoms with van der Waals surface area (Å²) in [6.45, 7) is 0. The highest BCUT2D eigenvalue weighted by Crippen LogP contribution is 2.43. The Balaban J connectivity index is 1.42. The zero-order valence-electron chi connectivity index (χ0n) is 26.0. The molecule has 0 N–H and O–H groups in total. The molecule has 0 saturated heterocycles. The Labute approximate surface area is 276 Å². The van der Waals surface area contributed by atoms with Crippen LogP contribution in [0.4, 0.5) is 0 Å². The van der Waals surface area contributed by atoms with E-state index in [0.29, 0.717) is 5.82 Å². The Morgan fingerprint density at radius 2 is 1.02 bits per heavy atom. The lowest BCUT2D eigenvalue weighted by atomic mass is 10.0. The van der Waals surface area contributed by atoms with Gasteiger partial charge < -0.3 is 4.57 Å². The fraction of sp³-hybridized carbons (Fsp3) is 0. The molecular weight excluding hydrogens is 585 g/mol. The molecule has 0 aliphatic carbocycles. The van der Waals surface area contributed by atoms with Gasteiger partial charge in [0.25, 0.3) is 0 Å². The third-order valence-corrected chi connectivity index (χ3v) is 9.51. The van der Waals surface area contributed by atoms with Crippen molar-refractivity contribution in [1.82, 2.24) is 19.1 Å².